The number of hydrogen-bond acceptors (Lipinski definition) is 3. The van der Waals surface area contributed by atoms with Gasteiger partial charge in [0.05, 0.1) is 0 Å². The third kappa shape index (κ3) is 3.31. The molecule has 0 aliphatic carbocycles. The molecule has 5 nitrogen and oxygen atoms in total. The number of aliphatic hydroxyl groups excluding tert-OH is 1. The Morgan fingerprint density at radius 3 is 2.39 bits per heavy atom. The van der Waals surface area contributed by atoms with E-state index in [2.05, 4.69) is 10.3 Å². The van der Waals surface area contributed by atoms with E-state index in [1.807, 2.05) is 36.4 Å². The molecule has 0 unspecified atom stereocenters. The molecule has 0 spiro atoms. The van der Waals surface area contributed by atoms with Gasteiger partial charge in [0, 0.05) is 28.4 Å². The minimum Gasteiger partial charge on any atom is -0.384 e. The van der Waals surface area contributed by atoms with Crippen molar-refractivity contribution in [2.75, 3.05) is 5.32 Å². The van der Waals surface area contributed by atoms with E-state index in [0.29, 0.717) is 27.7 Å². The van der Waals surface area contributed by atoms with Gasteiger partial charge in [-0.15, -0.1) is 0 Å². The number of aliphatic hydroxyl groups is 1. The lowest BCUT2D eigenvalue weighted by Crippen LogP contribution is -2.22. The van der Waals surface area contributed by atoms with Crippen LogP contribution in [0.15, 0.2) is 89.9 Å². The van der Waals surface area contributed by atoms with E-state index in [1.54, 1.807) is 42.5 Å². The van der Waals surface area contributed by atoms with Crippen molar-refractivity contribution in [3.8, 4) is 0 Å². The Bertz CT molecular complexity index is 1200. The van der Waals surface area contributed by atoms with Crippen LogP contribution in [0.4, 0.5) is 5.69 Å². The Morgan fingerprint density at radius 2 is 1.57 bits per heavy atom. The lowest BCUT2D eigenvalue weighted by Gasteiger charge is -2.16. The zero-order valence-electron chi connectivity index (χ0n) is 14.9. The van der Waals surface area contributed by atoms with E-state index in [9.17, 15) is 14.7 Å². The Morgan fingerprint density at radius 1 is 0.893 bits per heavy atom. The number of aromatic nitrogens is 1. The molecule has 4 rings (SSSR count). The molecule has 3 N–H and O–H groups in total. The van der Waals surface area contributed by atoms with Crippen LogP contribution >= 0.6 is 0 Å². The lowest BCUT2D eigenvalue weighted by molar-refractivity contribution is 0.102. The fourth-order valence-electron chi connectivity index (χ4n) is 3.19. The molecule has 0 saturated carbocycles. The number of carbonyl (C=O) groups excluding carboxylic acids is 1. The van der Waals surface area contributed by atoms with Crippen LogP contribution in [-0.2, 0) is 0 Å². The van der Waals surface area contributed by atoms with Gasteiger partial charge in [-0.1, -0.05) is 60.7 Å². The lowest BCUT2D eigenvalue weighted by atomic mass is 10.00. The molecule has 0 aliphatic heterocycles. The van der Waals surface area contributed by atoms with Crippen molar-refractivity contribution in [1.29, 1.82) is 0 Å². The Hall–Kier alpha value is -3.70. The van der Waals surface area contributed by atoms with Crippen LogP contribution in [-0.4, -0.2) is 16.0 Å². The molecule has 1 heterocycles. The second-order valence-corrected chi connectivity index (χ2v) is 6.43. The molecule has 3 aromatic carbocycles. The number of pyridine rings is 1. The number of para-hydroxylation sites is 2. The third-order valence-electron chi connectivity index (χ3n) is 4.65. The third-order valence-corrected chi connectivity index (χ3v) is 4.65. The minimum absolute atomic E-state index is 0.0164. The van der Waals surface area contributed by atoms with Gasteiger partial charge in [-0.2, -0.15) is 0 Å². The van der Waals surface area contributed by atoms with E-state index in [-0.39, 0.29) is 11.0 Å². The van der Waals surface area contributed by atoms with Crippen LogP contribution in [0.25, 0.3) is 10.9 Å². The highest BCUT2D eigenvalue weighted by atomic mass is 16.3. The highest BCUT2D eigenvalue weighted by Crippen LogP contribution is 2.28. The molecule has 0 fully saturated rings. The van der Waals surface area contributed by atoms with Gasteiger partial charge in [0.15, 0.2) is 0 Å². The van der Waals surface area contributed by atoms with Crippen molar-refractivity contribution in [3.05, 3.63) is 112 Å². The first-order valence-corrected chi connectivity index (χ1v) is 8.89. The number of anilines is 1. The van der Waals surface area contributed by atoms with E-state index >= 15 is 0 Å². The average molecular weight is 370 g/mol. The average Bonchev–Trinajstić information content (AvgIpc) is 2.74. The van der Waals surface area contributed by atoms with Gasteiger partial charge < -0.3 is 15.4 Å². The quantitative estimate of drug-likeness (QED) is 0.510. The summed E-state index contributed by atoms with van der Waals surface area (Å²) in [6.07, 6.45) is 0.517. The standard InChI is InChI=1S/C23H18N2O3/c26-21(15-8-2-1-3-9-15)17-11-5-7-13-20(17)25-23(28)18-14-24-19-12-6-4-10-16(19)22(18)27/h1-14,21,26H,(H,24,27)(H,25,28)/t21-/m1/s1. The molecule has 1 amide bonds. The fourth-order valence-corrected chi connectivity index (χ4v) is 3.19. The number of benzene rings is 3. The molecule has 28 heavy (non-hydrogen) atoms. The first-order chi connectivity index (χ1) is 13.6. The molecule has 0 saturated heterocycles. The Balaban J connectivity index is 1.68. The monoisotopic (exact) mass is 370 g/mol. The van der Waals surface area contributed by atoms with Gasteiger partial charge in [-0.25, -0.2) is 0 Å². The summed E-state index contributed by atoms with van der Waals surface area (Å²) in [5.74, 6) is -0.528. The number of amides is 1. The predicted molar refractivity (Wildman–Crippen MR) is 109 cm³/mol. The summed E-state index contributed by atoms with van der Waals surface area (Å²) in [4.78, 5) is 28.4. The molecular formula is C23H18N2O3. The Labute approximate surface area is 161 Å². The van der Waals surface area contributed by atoms with Gasteiger partial charge in [0.25, 0.3) is 5.91 Å². The summed E-state index contributed by atoms with van der Waals surface area (Å²) >= 11 is 0. The molecule has 4 aromatic rings. The maximum atomic E-state index is 12.8. The summed E-state index contributed by atoms with van der Waals surface area (Å²) in [7, 11) is 0. The molecule has 5 heteroatoms. The number of nitrogens with one attached hydrogen (secondary N) is 2. The highest BCUT2D eigenvalue weighted by Gasteiger charge is 2.18. The molecule has 0 radical (unpaired) electrons. The van der Waals surface area contributed by atoms with Crippen LogP contribution in [0.5, 0.6) is 0 Å². The maximum absolute atomic E-state index is 12.8. The zero-order chi connectivity index (χ0) is 19.5. The number of aromatic amines is 1. The second kappa shape index (κ2) is 7.50. The van der Waals surface area contributed by atoms with Crippen LogP contribution < -0.4 is 10.7 Å². The predicted octanol–water partition coefficient (Wildman–Crippen LogP) is 3.86. The first-order valence-electron chi connectivity index (χ1n) is 8.89. The zero-order valence-corrected chi connectivity index (χ0v) is 14.9. The molecule has 0 aliphatic rings. The topological polar surface area (TPSA) is 82.2 Å². The van der Waals surface area contributed by atoms with Crippen LogP contribution in [0.1, 0.15) is 27.6 Å². The van der Waals surface area contributed by atoms with Gasteiger partial charge in [-0.3, -0.25) is 9.59 Å². The second-order valence-electron chi connectivity index (χ2n) is 6.43. The van der Waals surface area contributed by atoms with Crippen molar-refractivity contribution in [2.45, 2.75) is 6.10 Å². The van der Waals surface area contributed by atoms with Crippen molar-refractivity contribution >= 4 is 22.5 Å². The molecule has 1 aromatic heterocycles. The molecule has 1 atom stereocenters. The number of rotatable bonds is 4. The smallest absolute Gasteiger partial charge is 0.261 e. The number of carbonyl (C=O) groups is 1. The fraction of sp³-hybridized carbons (Fsp3) is 0.0435. The Kier molecular flexibility index (Phi) is 4.74. The van der Waals surface area contributed by atoms with Gasteiger partial charge >= 0.3 is 0 Å². The molecule has 0 bridgehead atoms. The number of fused-ring (bicyclic) bond motifs is 1. The highest BCUT2D eigenvalue weighted by molar-refractivity contribution is 6.06. The summed E-state index contributed by atoms with van der Waals surface area (Å²) in [6, 6.07) is 23.2. The summed E-state index contributed by atoms with van der Waals surface area (Å²) < 4.78 is 0. The van der Waals surface area contributed by atoms with Crippen molar-refractivity contribution in [2.24, 2.45) is 0 Å². The van der Waals surface area contributed by atoms with Gasteiger partial charge in [0.1, 0.15) is 11.7 Å². The first kappa shape index (κ1) is 17.7. The van der Waals surface area contributed by atoms with E-state index < -0.39 is 12.0 Å². The van der Waals surface area contributed by atoms with Crippen molar-refractivity contribution in [1.82, 2.24) is 4.98 Å². The summed E-state index contributed by atoms with van der Waals surface area (Å²) in [5, 5.41) is 13.9. The largest absolute Gasteiger partial charge is 0.384 e. The van der Waals surface area contributed by atoms with Gasteiger partial charge in [-0.05, 0) is 23.8 Å². The van der Waals surface area contributed by atoms with Crippen molar-refractivity contribution in [3.63, 3.8) is 0 Å². The molecular weight excluding hydrogens is 352 g/mol. The minimum atomic E-state index is -0.896. The SMILES string of the molecule is O=C(Nc1ccccc1[C@H](O)c1ccccc1)c1c[nH]c2ccccc2c1=O. The normalized spacial score (nSPS) is 11.9. The van der Waals surface area contributed by atoms with Crippen molar-refractivity contribution < 1.29 is 9.90 Å². The van der Waals surface area contributed by atoms with E-state index in [1.165, 1.54) is 6.20 Å². The van der Waals surface area contributed by atoms with E-state index in [0.717, 1.165) is 0 Å². The number of hydrogen-bond donors (Lipinski definition) is 3. The summed E-state index contributed by atoms with van der Waals surface area (Å²) in [5.41, 5.74) is 2.07. The maximum Gasteiger partial charge on any atom is 0.261 e. The molecule has 138 valence electrons. The van der Waals surface area contributed by atoms with Crippen LogP contribution in [0.2, 0.25) is 0 Å². The van der Waals surface area contributed by atoms with Crippen LogP contribution in [0.3, 0.4) is 0 Å². The summed E-state index contributed by atoms with van der Waals surface area (Å²) in [6.45, 7) is 0. The number of H-pyrrole nitrogens is 1. The van der Waals surface area contributed by atoms with E-state index in [4.69, 9.17) is 0 Å². The van der Waals surface area contributed by atoms with Gasteiger partial charge in [0.2, 0.25) is 5.43 Å². The van der Waals surface area contributed by atoms with Crippen LogP contribution in [0, 0.1) is 0 Å².